The van der Waals surface area contributed by atoms with Gasteiger partial charge in [0.2, 0.25) is 0 Å². The van der Waals surface area contributed by atoms with Gasteiger partial charge >= 0.3 is 0 Å². The third-order valence-electron chi connectivity index (χ3n) is 3.78. The van der Waals surface area contributed by atoms with Crippen molar-refractivity contribution in [1.82, 2.24) is 4.57 Å². The van der Waals surface area contributed by atoms with Gasteiger partial charge < -0.3 is 10.3 Å². The average Bonchev–Trinajstić information content (AvgIpc) is 2.77. The molecule has 2 unspecified atom stereocenters. The molecule has 1 aromatic rings. The molecule has 1 aromatic heterocycles. The zero-order valence-corrected chi connectivity index (χ0v) is 10.7. The van der Waals surface area contributed by atoms with Crippen LogP contribution in [-0.4, -0.2) is 9.56 Å². The van der Waals surface area contributed by atoms with Crippen LogP contribution < -0.4 is 5.73 Å². The predicted octanol–water partition coefficient (Wildman–Crippen LogP) is 3.26. The van der Waals surface area contributed by atoms with Gasteiger partial charge in [0, 0.05) is 12.2 Å². The summed E-state index contributed by atoms with van der Waals surface area (Å²) >= 11 is 5.10. The Hall–Kier alpha value is -0.830. The molecule has 2 atom stereocenters. The Kier molecular flexibility index (Phi) is 3.64. The van der Waals surface area contributed by atoms with Gasteiger partial charge in [-0.05, 0) is 30.9 Å². The first kappa shape index (κ1) is 11.6. The van der Waals surface area contributed by atoms with Gasteiger partial charge in [-0.15, -0.1) is 0 Å². The molecule has 1 saturated carbocycles. The Bertz CT molecular complexity index is 370. The molecule has 3 heteroatoms. The second-order valence-electron chi connectivity index (χ2n) is 4.69. The number of rotatable bonds is 3. The summed E-state index contributed by atoms with van der Waals surface area (Å²) in [6.07, 6.45) is 8.69. The first-order chi connectivity index (χ1) is 7.74. The Labute approximate surface area is 103 Å². The van der Waals surface area contributed by atoms with Crippen LogP contribution in [0.15, 0.2) is 18.3 Å². The maximum absolute atomic E-state index is 5.76. The van der Waals surface area contributed by atoms with E-state index in [9.17, 15) is 0 Å². The predicted molar refractivity (Wildman–Crippen MR) is 71.6 cm³/mol. The monoisotopic (exact) mass is 236 g/mol. The van der Waals surface area contributed by atoms with E-state index in [4.69, 9.17) is 18.0 Å². The number of thiocarbonyl (C=S) groups is 1. The van der Waals surface area contributed by atoms with Crippen molar-refractivity contribution in [3.63, 3.8) is 0 Å². The molecule has 2 nitrogen and oxygen atoms in total. The van der Waals surface area contributed by atoms with Crippen LogP contribution in [0.5, 0.6) is 0 Å². The highest BCUT2D eigenvalue weighted by molar-refractivity contribution is 7.80. The van der Waals surface area contributed by atoms with E-state index in [1.165, 1.54) is 32.1 Å². The zero-order chi connectivity index (χ0) is 11.5. The molecule has 16 heavy (non-hydrogen) atoms. The highest BCUT2D eigenvalue weighted by Gasteiger charge is 2.26. The summed E-state index contributed by atoms with van der Waals surface area (Å²) in [5.41, 5.74) is 6.79. The largest absolute Gasteiger partial charge is 0.388 e. The van der Waals surface area contributed by atoms with E-state index in [1.54, 1.807) is 0 Å². The van der Waals surface area contributed by atoms with E-state index in [1.807, 2.05) is 6.07 Å². The summed E-state index contributed by atoms with van der Waals surface area (Å²) in [5.74, 6) is 0.786. The molecule has 1 fully saturated rings. The van der Waals surface area contributed by atoms with Crippen molar-refractivity contribution < 1.29 is 0 Å². The number of nitrogens with zero attached hydrogens (tertiary/aromatic N) is 1. The van der Waals surface area contributed by atoms with Crippen LogP contribution in [0.25, 0.3) is 0 Å². The van der Waals surface area contributed by atoms with Crippen LogP contribution in [0.4, 0.5) is 0 Å². The molecule has 0 aromatic carbocycles. The zero-order valence-electron chi connectivity index (χ0n) is 9.86. The summed E-state index contributed by atoms with van der Waals surface area (Å²) in [6, 6.07) is 4.68. The first-order valence-corrected chi connectivity index (χ1v) is 6.61. The van der Waals surface area contributed by atoms with E-state index in [2.05, 4.69) is 23.8 Å². The maximum Gasteiger partial charge on any atom is 0.120 e. The fourth-order valence-electron chi connectivity index (χ4n) is 2.92. The van der Waals surface area contributed by atoms with Gasteiger partial charge in [0.1, 0.15) is 4.99 Å². The van der Waals surface area contributed by atoms with Crippen molar-refractivity contribution >= 4 is 17.2 Å². The minimum atomic E-state index is 0.519. The lowest BCUT2D eigenvalue weighted by molar-refractivity contribution is 0.232. The van der Waals surface area contributed by atoms with Crippen LogP contribution >= 0.6 is 12.2 Å². The summed E-state index contributed by atoms with van der Waals surface area (Å²) in [5, 5.41) is 0. The lowest BCUT2D eigenvalue weighted by atomic mass is 9.82. The molecule has 0 amide bonds. The minimum absolute atomic E-state index is 0.519. The fraction of sp³-hybridized carbons (Fsp3) is 0.615. The number of hydrogen-bond donors (Lipinski definition) is 1. The molecule has 1 aliphatic carbocycles. The van der Waals surface area contributed by atoms with Gasteiger partial charge in [0.05, 0.1) is 5.69 Å². The molecule has 2 rings (SSSR count). The van der Waals surface area contributed by atoms with Crippen LogP contribution in [-0.2, 0) is 0 Å². The molecule has 0 aliphatic heterocycles. The number of aromatic nitrogens is 1. The van der Waals surface area contributed by atoms with Gasteiger partial charge in [-0.25, -0.2) is 0 Å². The van der Waals surface area contributed by atoms with E-state index in [0.717, 1.165) is 11.6 Å². The third-order valence-corrected chi connectivity index (χ3v) is 3.99. The average molecular weight is 236 g/mol. The van der Waals surface area contributed by atoms with Crippen molar-refractivity contribution in [3.8, 4) is 0 Å². The number of nitrogens with two attached hydrogens (primary N) is 1. The lowest BCUT2D eigenvalue weighted by Crippen LogP contribution is -2.26. The van der Waals surface area contributed by atoms with Gasteiger partial charge in [0.25, 0.3) is 0 Å². The highest BCUT2D eigenvalue weighted by atomic mass is 32.1. The topological polar surface area (TPSA) is 30.9 Å². The van der Waals surface area contributed by atoms with Crippen molar-refractivity contribution in [2.24, 2.45) is 11.7 Å². The van der Waals surface area contributed by atoms with E-state index in [0.29, 0.717) is 11.0 Å². The van der Waals surface area contributed by atoms with Gasteiger partial charge in [-0.2, -0.15) is 0 Å². The summed E-state index contributed by atoms with van der Waals surface area (Å²) in [7, 11) is 0. The van der Waals surface area contributed by atoms with Gasteiger partial charge in [-0.3, -0.25) is 0 Å². The first-order valence-electron chi connectivity index (χ1n) is 6.20. The summed E-state index contributed by atoms with van der Waals surface area (Å²) in [4.78, 5) is 0.519. The molecular weight excluding hydrogens is 216 g/mol. The standard InChI is InChI=1S/C13H20N2S/c1-2-10-6-3-4-7-11(10)15-9-5-8-12(15)13(14)16/h5,8-11H,2-4,6-7H2,1H3,(H2,14,16). The Balaban J connectivity index is 2.27. The Morgan fingerprint density at radius 3 is 2.94 bits per heavy atom. The van der Waals surface area contributed by atoms with Crippen LogP contribution in [0.2, 0.25) is 0 Å². The molecule has 0 bridgehead atoms. The SMILES string of the molecule is CCC1CCCCC1n1cccc1C(N)=S. The highest BCUT2D eigenvalue weighted by Crippen LogP contribution is 2.36. The summed E-state index contributed by atoms with van der Waals surface area (Å²) in [6.45, 7) is 2.28. The van der Waals surface area contributed by atoms with Crippen LogP contribution in [0, 0.1) is 5.92 Å². The van der Waals surface area contributed by atoms with Crippen molar-refractivity contribution in [3.05, 3.63) is 24.0 Å². The molecule has 0 spiro atoms. The van der Waals surface area contributed by atoms with Crippen LogP contribution in [0.1, 0.15) is 50.8 Å². The van der Waals surface area contributed by atoms with Gasteiger partial charge in [0.15, 0.2) is 0 Å². The molecule has 2 N–H and O–H groups in total. The molecular formula is C13H20N2S. The van der Waals surface area contributed by atoms with Crippen molar-refractivity contribution in [2.45, 2.75) is 45.1 Å². The van der Waals surface area contributed by atoms with Crippen LogP contribution in [0.3, 0.4) is 0 Å². The Morgan fingerprint density at radius 2 is 2.25 bits per heavy atom. The summed E-state index contributed by atoms with van der Waals surface area (Å²) < 4.78 is 2.30. The normalized spacial score (nSPS) is 25.6. The number of hydrogen-bond acceptors (Lipinski definition) is 1. The smallest absolute Gasteiger partial charge is 0.120 e. The minimum Gasteiger partial charge on any atom is -0.388 e. The maximum atomic E-state index is 5.76. The molecule has 1 aliphatic rings. The fourth-order valence-corrected chi connectivity index (χ4v) is 3.10. The quantitative estimate of drug-likeness (QED) is 0.817. The molecule has 0 saturated heterocycles. The van der Waals surface area contributed by atoms with Crippen molar-refractivity contribution in [1.29, 1.82) is 0 Å². The molecule has 88 valence electrons. The molecule has 1 heterocycles. The Morgan fingerprint density at radius 1 is 1.50 bits per heavy atom. The van der Waals surface area contributed by atoms with Gasteiger partial charge in [-0.1, -0.05) is 38.4 Å². The van der Waals surface area contributed by atoms with E-state index in [-0.39, 0.29) is 0 Å². The van der Waals surface area contributed by atoms with E-state index >= 15 is 0 Å². The van der Waals surface area contributed by atoms with Crippen molar-refractivity contribution in [2.75, 3.05) is 0 Å². The second kappa shape index (κ2) is 5.00. The second-order valence-corrected chi connectivity index (χ2v) is 5.12. The van der Waals surface area contributed by atoms with E-state index < -0.39 is 0 Å². The lowest BCUT2D eigenvalue weighted by Gasteiger charge is -2.33. The molecule has 0 radical (unpaired) electrons. The third kappa shape index (κ3) is 2.14.